The highest BCUT2D eigenvalue weighted by Crippen LogP contribution is 2.40. The zero-order valence-electron chi connectivity index (χ0n) is 23.0. The van der Waals surface area contributed by atoms with Crippen LogP contribution in [0.15, 0.2) is 46.9 Å². The van der Waals surface area contributed by atoms with Gasteiger partial charge in [0, 0.05) is 38.6 Å². The fourth-order valence-electron chi connectivity index (χ4n) is 4.32. The van der Waals surface area contributed by atoms with Crippen LogP contribution in [-0.2, 0) is 51.0 Å². The van der Waals surface area contributed by atoms with Crippen LogP contribution < -0.4 is 4.74 Å². The molecule has 0 spiro atoms. The third-order valence-corrected chi connectivity index (χ3v) is 7.92. The topological polar surface area (TPSA) is 114 Å². The summed E-state index contributed by atoms with van der Waals surface area (Å²) >= 11 is 4.70. The zero-order chi connectivity index (χ0) is 29.4. The summed E-state index contributed by atoms with van der Waals surface area (Å²) in [5.41, 5.74) is 2.27. The molecule has 216 valence electrons. The molecule has 2 aromatic rings. The van der Waals surface area contributed by atoms with Crippen LogP contribution in [0.25, 0.3) is 0 Å². The molecule has 1 aliphatic rings. The van der Waals surface area contributed by atoms with Crippen molar-refractivity contribution in [1.82, 2.24) is 0 Å². The number of carbonyl (C=O) groups excluding carboxylic acids is 4. The maximum atomic E-state index is 12.2. The SMILES string of the molecule is CCc1ccc(Cc2cc(Br)ccc2O[C@@H]2S[C@H](COC(C)=O)[C@@H](OC(C)=O)[C@H](OC(C)=O)[C@H]2OC(C)=O)cc1. The van der Waals surface area contributed by atoms with Crippen LogP contribution in [-0.4, -0.2) is 59.5 Å². The molecule has 0 amide bonds. The van der Waals surface area contributed by atoms with Gasteiger partial charge in [-0.1, -0.05) is 47.1 Å². The summed E-state index contributed by atoms with van der Waals surface area (Å²) in [5, 5.41) is -0.686. The van der Waals surface area contributed by atoms with Gasteiger partial charge in [0.15, 0.2) is 23.7 Å². The average Bonchev–Trinajstić information content (AvgIpc) is 2.87. The van der Waals surface area contributed by atoms with Gasteiger partial charge in [-0.05, 0) is 41.3 Å². The molecule has 1 aliphatic heterocycles. The van der Waals surface area contributed by atoms with E-state index in [0.717, 1.165) is 22.0 Å². The number of esters is 4. The minimum Gasteiger partial charge on any atom is -0.475 e. The quantitative estimate of drug-likeness (QED) is 0.266. The van der Waals surface area contributed by atoms with Gasteiger partial charge in [0.25, 0.3) is 0 Å². The largest absolute Gasteiger partial charge is 0.475 e. The summed E-state index contributed by atoms with van der Waals surface area (Å²) in [6, 6.07) is 13.9. The molecule has 0 aliphatic carbocycles. The fraction of sp³-hybridized carbons (Fsp3) is 0.448. The van der Waals surface area contributed by atoms with E-state index < -0.39 is 52.9 Å². The molecule has 0 N–H and O–H groups in total. The van der Waals surface area contributed by atoms with Crippen molar-refractivity contribution in [2.24, 2.45) is 0 Å². The second kappa shape index (κ2) is 14.5. The van der Waals surface area contributed by atoms with E-state index in [0.29, 0.717) is 12.2 Å². The molecule has 0 aromatic heterocycles. The van der Waals surface area contributed by atoms with Crippen LogP contribution in [0.3, 0.4) is 0 Å². The molecule has 0 bridgehead atoms. The summed E-state index contributed by atoms with van der Waals surface area (Å²) in [7, 11) is 0. The van der Waals surface area contributed by atoms with Gasteiger partial charge in [0.2, 0.25) is 0 Å². The summed E-state index contributed by atoms with van der Waals surface area (Å²) in [6.07, 6.45) is -1.91. The summed E-state index contributed by atoms with van der Waals surface area (Å²) < 4.78 is 29.2. The lowest BCUT2D eigenvalue weighted by Crippen LogP contribution is -2.59. The molecule has 1 heterocycles. The Kier molecular flexibility index (Phi) is 11.4. The molecule has 0 saturated carbocycles. The summed E-state index contributed by atoms with van der Waals surface area (Å²) in [6.45, 7) is 6.84. The number of halogens is 1. The van der Waals surface area contributed by atoms with E-state index in [1.165, 1.54) is 45.0 Å². The third kappa shape index (κ3) is 8.99. The lowest BCUT2D eigenvalue weighted by atomic mass is 10.0. The predicted molar refractivity (Wildman–Crippen MR) is 152 cm³/mol. The Morgan fingerprint density at radius 2 is 1.35 bits per heavy atom. The maximum absolute atomic E-state index is 12.2. The van der Waals surface area contributed by atoms with Crippen LogP contribution in [0.1, 0.15) is 51.3 Å². The Morgan fingerprint density at radius 3 is 1.93 bits per heavy atom. The van der Waals surface area contributed by atoms with Gasteiger partial charge in [-0.15, -0.1) is 11.8 Å². The maximum Gasteiger partial charge on any atom is 0.303 e. The number of ether oxygens (including phenoxy) is 5. The number of thioether (sulfide) groups is 1. The Hall–Kier alpha value is -3.05. The van der Waals surface area contributed by atoms with Crippen molar-refractivity contribution in [3.05, 3.63) is 63.6 Å². The van der Waals surface area contributed by atoms with Crippen molar-refractivity contribution in [3.63, 3.8) is 0 Å². The fourth-order valence-corrected chi connectivity index (χ4v) is 6.11. The first-order chi connectivity index (χ1) is 19.0. The minimum absolute atomic E-state index is 0.153. The van der Waals surface area contributed by atoms with Crippen LogP contribution in [0.5, 0.6) is 5.75 Å². The number of hydrogen-bond donors (Lipinski definition) is 0. The van der Waals surface area contributed by atoms with Gasteiger partial charge in [0.1, 0.15) is 12.4 Å². The van der Waals surface area contributed by atoms with E-state index in [9.17, 15) is 19.2 Å². The van der Waals surface area contributed by atoms with Crippen LogP contribution >= 0.6 is 27.7 Å². The third-order valence-electron chi connectivity index (χ3n) is 6.04. The predicted octanol–water partition coefficient (Wildman–Crippen LogP) is 4.78. The number of hydrogen-bond acceptors (Lipinski definition) is 10. The Balaban J connectivity index is 2.01. The van der Waals surface area contributed by atoms with E-state index in [2.05, 4.69) is 47.1 Å². The highest BCUT2D eigenvalue weighted by Gasteiger charge is 2.53. The van der Waals surface area contributed by atoms with Crippen LogP contribution in [0.4, 0.5) is 0 Å². The van der Waals surface area contributed by atoms with Crippen LogP contribution in [0.2, 0.25) is 0 Å². The number of rotatable bonds is 10. The van der Waals surface area contributed by atoms with Crippen molar-refractivity contribution < 1.29 is 42.9 Å². The monoisotopic (exact) mass is 636 g/mol. The Morgan fingerprint density at radius 1 is 0.775 bits per heavy atom. The number of aryl methyl sites for hydroxylation is 1. The van der Waals surface area contributed by atoms with Gasteiger partial charge in [-0.3, -0.25) is 19.2 Å². The van der Waals surface area contributed by atoms with E-state index in [1.807, 2.05) is 12.1 Å². The highest BCUT2D eigenvalue weighted by molar-refractivity contribution is 9.10. The standard InChI is InChI=1S/C29H33BrO9S/c1-6-20-7-9-21(10-8-20)13-22-14-23(30)11-12-24(22)39-29-28(38-19(5)34)27(37-18(4)33)26(36-17(3)32)25(40-29)15-35-16(2)31/h7-12,14,25-29H,6,13,15H2,1-5H3/t25-,26-,27+,28-,29-/m1/s1. The highest BCUT2D eigenvalue weighted by atomic mass is 79.9. The Labute approximate surface area is 246 Å². The van der Waals surface area contributed by atoms with Gasteiger partial charge < -0.3 is 23.7 Å². The molecule has 0 radical (unpaired) electrons. The minimum atomic E-state index is -1.21. The molecule has 0 unspecified atom stereocenters. The molecule has 2 aromatic carbocycles. The number of carbonyl (C=O) groups is 4. The summed E-state index contributed by atoms with van der Waals surface area (Å²) in [5.74, 6) is -1.95. The first kappa shape index (κ1) is 31.5. The van der Waals surface area contributed by atoms with E-state index in [1.54, 1.807) is 6.07 Å². The lowest BCUT2D eigenvalue weighted by molar-refractivity contribution is -0.190. The molecule has 3 rings (SSSR count). The smallest absolute Gasteiger partial charge is 0.303 e. The van der Waals surface area contributed by atoms with Gasteiger partial charge >= 0.3 is 23.9 Å². The van der Waals surface area contributed by atoms with E-state index >= 15 is 0 Å². The molecule has 1 fully saturated rings. The first-order valence-corrected chi connectivity index (χ1v) is 14.5. The molecule has 9 nitrogen and oxygen atoms in total. The summed E-state index contributed by atoms with van der Waals surface area (Å²) in [4.78, 5) is 47.9. The van der Waals surface area contributed by atoms with Crippen molar-refractivity contribution in [1.29, 1.82) is 0 Å². The molecule has 1 saturated heterocycles. The second-order valence-electron chi connectivity index (χ2n) is 9.28. The van der Waals surface area contributed by atoms with Crippen LogP contribution in [0, 0.1) is 0 Å². The molecular weight excluding hydrogens is 604 g/mol. The van der Waals surface area contributed by atoms with Crippen molar-refractivity contribution in [2.45, 2.75) is 76.5 Å². The molecular formula is C29H33BrO9S. The number of benzene rings is 2. The first-order valence-electron chi connectivity index (χ1n) is 12.8. The zero-order valence-corrected chi connectivity index (χ0v) is 25.4. The molecule has 5 atom stereocenters. The second-order valence-corrected chi connectivity index (χ2v) is 11.5. The van der Waals surface area contributed by atoms with Gasteiger partial charge in [-0.2, -0.15) is 0 Å². The van der Waals surface area contributed by atoms with Crippen molar-refractivity contribution in [2.75, 3.05) is 6.61 Å². The molecule has 11 heteroatoms. The average molecular weight is 638 g/mol. The van der Waals surface area contributed by atoms with Crippen molar-refractivity contribution in [3.8, 4) is 5.75 Å². The molecule has 40 heavy (non-hydrogen) atoms. The lowest BCUT2D eigenvalue weighted by Gasteiger charge is -2.43. The van der Waals surface area contributed by atoms with Gasteiger partial charge in [-0.25, -0.2) is 0 Å². The normalized spacial score (nSPS) is 22.1. The van der Waals surface area contributed by atoms with Gasteiger partial charge in [0.05, 0.1) is 5.25 Å². The Bertz CT molecular complexity index is 1220. The van der Waals surface area contributed by atoms with E-state index in [-0.39, 0.29) is 6.61 Å². The van der Waals surface area contributed by atoms with Crippen molar-refractivity contribution >= 4 is 51.6 Å². The van der Waals surface area contributed by atoms with E-state index in [4.69, 9.17) is 23.7 Å².